The Balaban J connectivity index is 2.78. The van der Waals surface area contributed by atoms with E-state index in [0.717, 1.165) is 16.5 Å². The molecule has 68 valence electrons. The van der Waals surface area contributed by atoms with Crippen LogP contribution in [-0.2, 0) is 7.05 Å². The zero-order chi connectivity index (χ0) is 9.42. The first-order chi connectivity index (χ1) is 6.20. The van der Waals surface area contributed by atoms with Crippen molar-refractivity contribution in [1.29, 1.82) is 0 Å². The van der Waals surface area contributed by atoms with Crippen LogP contribution >= 0.6 is 0 Å². The van der Waals surface area contributed by atoms with Crippen molar-refractivity contribution in [3.63, 3.8) is 0 Å². The normalized spacial score (nSPS) is 13.5. The van der Waals surface area contributed by atoms with E-state index in [2.05, 4.69) is 0 Å². The molecule has 1 heterocycles. The van der Waals surface area contributed by atoms with Crippen LogP contribution in [0.15, 0.2) is 30.5 Å². The van der Waals surface area contributed by atoms with Gasteiger partial charge >= 0.3 is 0 Å². The fraction of sp³-hybridized carbons (Fsp3) is 0.200. The quantitative estimate of drug-likeness (QED) is 0.640. The molecule has 1 atom stereocenters. The Hall–Kier alpha value is -1.32. The van der Waals surface area contributed by atoms with Crippen molar-refractivity contribution in [2.75, 3.05) is 0 Å². The lowest BCUT2D eigenvalue weighted by molar-refractivity contribution is 0.187. The summed E-state index contributed by atoms with van der Waals surface area (Å²) in [6, 6.07) is 7.87. The van der Waals surface area contributed by atoms with Crippen LogP contribution in [0.2, 0.25) is 0 Å². The highest BCUT2D eigenvalue weighted by Gasteiger charge is 2.09. The van der Waals surface area contributed by atoms with Crippen molar-refractivity contribution in [3.8, 4) is 0 Å². The SMILES string of the molecule is Cn1cc(C(N)O)c2ccccc21. The van der Waals surface area contributed by atoms with Gasteiger partial charge < -0.3 is 15.4 Å². The molecule has 3 N–H and O–H groups in total. The minimum Gasteiger partial charge on any atom is -0.374 e. The molecule has 1 aromatic heterocycles. The molecule has 0 saturated carbocycles. The molecule has 0 saturated heterocycles. The molecular weight excluding hydrogens is 164 g/mol. The highest BCUT2D eigenvalue weighted by molar-refractivity contribution is 5.84. The Morgan fingerprint density at radius 3 is 2.77 bits per heavy atom. The second-order valence-corrected chi connectivity index (χ2v) is 3.16. The first-order valence-corrected chi connectivity index (χ1v) is 4.18. The van der Waals surface area contributed by atoms with Crippen LogP contribution in [-0.4, -0.2) is 9.67 Å². The Morgan fingerprint density at radius 2 is 2.08 bits per heavy atom. The van der Waals surface area contributed by atoms with Gasteiger partial charge in [-0.25, -0.2) is 0 Å². The summed E-state index contributed by atoms with van der Waals surface area (Å²) in [7, 11) is 1.94. The topological polar surface area (TPSA) is 51.2 Å². The molecule has 0 spiro atoms. The number of aryl methyl sites for hydroxylation is 1. The molecule has 0 fully saturated rings. The fourth-order valence-electron chi connectivity index (χ4n) is 1.61. The monoisotopic (exact) mass is 176 g/mol. The molecule has 2 aromatic rings. The zero-order valence-electron chi connectivity index (χ0n) is 7.44. The lowest BCUT2D eigenvalue weighted by atomic mass is 10.1. The van der Waals surface area contributed by atoms with Crippen molar-refractivity contribution < 1.29 is 5.11 Å². The second-order valence-electron chi connectivity index (χ2n) is 3.16. The van der Waals surface area contributed by atoms with E-state index >= 15 is 0 Å². The summed E-state index contributed by atoms with van der Waals surface area (Å²) in [5, 5.41) is 10.3. The van der Waals surface area contributed by atoms with Gasteiger partial charge in [-0.05, 0) is 6.07 Å². The van der Waals surface area contributed by atoms with E-state index in [1.807, 2.05) is 42.1 Å². The number of benzene rings is 1. The van der Waals surface area contributed by atoms with Gasteiger partial charge in [0.05, 0.1) is 0 Å². The molecular formula is C10H12N2O. The summed E-state index contributed by atoms with van der Waals surface area (Å²) in [6.07, 6.45) is 0.959. The predicted octanol–water partition coefficient (Wildman–Crippen LogP) is 1.13. The highest BCUT2D eigenvalue weighted by Crippen LogP contribution is 2.23. The van der Waals surface area contributed by atoms with Crippen LogP contribution in [0.25, 0.3) is 10.9 Å². The van der Waals surface area contributed by atoms with E-state index in [0.29, 0.717) is 0 Å². The number of para-hydroxylation sites is 1. The number of aromatic nitrogens is 1. The number of aliphatic hydroxyl groups excluding tert-OH is 1. The maximum Gasteiger partial charge on any atom is 0.130 e. The molecule has 0 aliphatic heterocycles. The minimum absolute atomic E-state index is 0.776. The Morgan fingerprint density at radius 1 is 1.38 bits per heavy atom. The zero-order valence-corrected chi connectivity index (χ0v) is 7.44. The van der Waals surface area contributed by atoms with Crippen molar-refractivity contribution in [2.45, 2.75) is 6.23 Å². The molecule has 2 rings (SSSR count). The molecule has 3 nitrogen and oxygen atoms in total. The van der Waals surface area contributed by atoms with Crippen molar-refractivity contribution >= 4 is 10.9 Å². The number of rotatable bonds is 1. The Kier molecular flexibility index (Phi) is 1.83. The molecule has 3 heteroatoms. The third kappa shape index (κ3) is 1.22. The van der Waals surface area contributed by atoms with Gasteiger partial charge in [-0.3, -0.25) is 0 Å². The summed E-state index contributed by atoms with van der Waals surface area (Å²) < 4.78 is 1.96. The summed E-state index contributed by atoms with van der Waals surface area (Å²) in [5.41, 5.74) is 7.30. The van der Waals surface area contributed by atoms with E-state index in [-0.39, 0.29) is 0 Å². The summed E-state index contributed by atoms with van der Waals surface area (Å²) in [4.78, 5) is 0. The average Bonchev–Trinajstić information content (AvgIpc) is 2.45. The molecule has 0 amide bonds. The molecule has 1 aromatic carbocycles. The van der Waals surface area contributed by atoms with Gasteiger partial charge in [0.1, 0.15) is 6.23 Å². The number of nitrogens with zero attached hydrogens (tertiary/aromatic N) is 1. The third-order valence-electron chi connectivity index (χ3n) is 2.25. The average molecular weight is 176 g/mol. The number of hydrogen-bond donors (Lipinski definition) is 2. The van der Waals surface area contributed by atoms with Gasteiger partial charge in [0, 0.05) is 29.7 Å². The number of hydrogen-bond acceptors (Lipinski definition) is 2. The van der Waals surface area contributed by atoms with Gasteiger partial charge in [-0.15, -0.1) is 0 Å². The first kappa shape index (κ1) is 8.29. The van der Waals surface area contributed by atoms with Crippen LogP contribution in [0.1, 0.15) is 11.8 Å². The molecule has 13 heavy (non-hydrogen) atoms. The molecule has 1 unspecified atom stereocenters. The summed E-state index contributed by atoms with van der Waals surface area (Å²) in [5.74, 6) is 0. The lowest BCUT2D eigenvalue weighted by Gasteiger charge is -2.00. The van der Waals surface area contributed by atoms with E-state index in [9.17, 15) is 5.11 Å². The van der Waals surface area contributed by atoms with Crippen molar-refractivity contribution in [2.24, 2.45) is 12.8 Å². The summed E-state index contributed by atoms with van der Waals surface area (Å²) in [6.45, 7) is 0. The molecule has 0 bridgehead atoms. The summed E-state index contributed by atoms with van der Waals surface area (Å²) >= 11 is 0. The maximum atomic E-state index is 9.30. The highest BCUT2D eigenvalue weighted by atomic mass is 16.3. The number of nitrogens with two attached hydrogens (primary N) is 1. The predicted molar refractivity (Wildman–Crippen MR) is 52.1 cm³/mol. The van der Waals surface area contributed by atoms with E-state index in [1.165, 1.54) is 0 Å². The Bertz CT molecular complexity index is 431. The maximum absolute atomic E-state index is 9.30. The number of aliphatic hydroxyl groups is 1. The van der Waals surface area contributed by atoms with E-state index in [1.54, 1.807) is 0 Å². The largest absolute Gasteiger partial charge is 0.374 e. The minimum atomic E-state index is -0.897. The van der Waals surface area contributed by atoms with Crippen LogP contribution in [0.3, 0.4) is 0 Å². The van der Waals surface area contributed by atoms with E-state index < -0.39 is 6.23 Å². The van der Waals surface area contributed by atoms with Gasteiger partial charge in [0.25, 0.3) is 0 Å². The van der Waals surface area contributed by atoms with E-state index in [4.69, 9.17) is 5.73 Å². The molecule has 0 aliphatic carbocycles. The second kappa shape index (κ2) is 2.87. The van der Waals surface area contributed by atoms with Crippen molar-refractivity contribution in [1.82, 2.24) is 4.57 Å². The standard InChI is InChI=1S/C10H12N2O/c1-12-6-8(10(11)13)7-4-2-3-5-9(7)12/h2-6,10,13H,11H2,1H3. The van der Waals surface area contributed by atoms with Gasteiger partial charge in [-0.1, -0.05) is 18.2 Å². The molecule has 0 aliphatic rings. The Labute approximate surface area is 76.4 Å². The smallest absolute Gasteiger partial charge is 0.130 e. The molecule has 0 radical (unpaired) electrons. The van der Waals surface area contributed by atoms with Gasteiger partial charge in [-0.2, -0.15) is 0 Å². The van der Waals surface area contributed by atoms with Gasteiger partial charge in [0.15, 0.2) is 0 Å². The van der Waals surface area contributed by atoms with Crippen LogP contribution in [0, 0.1) is 0 Å². The van der Waals surface area contributed by atoms with Crippen LogP contribution < -0.4 is 5.73 Å². The first-order valence-electron chi connectivity index (χ1n) is 4.18. The van der Waals surface area contributed by atoms with Crippen LogP contribution in [0.4, 0.5) is 0 Å². The van der Waals surface area contributed by atoms with Crippen molar-refractivity contribution in [3.05, 3.63) is 36.0 Å². The van der Waals surface area contributed by atoms with Gasteiger partial charge in [0.2, 0.25) is 0 Å². The van der Waals surface area contributed by atoms with Crippen LogP contribution in [0.5, 0.6) is 0 Å². The number of fused-ring (bicyclic) bond motifs is 1. The fourth-order valence-corrected chi connectivity index (χ4v) is 1.61. The third-order valence-corrected chi connectivity index (χ3v) is 2.25. The lowest BCUT2D eigenvalue weighted by Crippen LogP contribution is -2.07.